The minimum Gasteiger partial charge on any atom is -0.497 e. The van der Waals surface area contributed by atoms with Crippen LogP contribution in [0.1, 0.15) is 5.56 Å². The van der Waals surface area contributed by atoms with Gasteiger partial charge in [0.15, 0.2) is 0 Å². The van der Waals surface area contributed by atoms with Crippen LogP contribution in [0, 0.1) is 0 Å². The van der Waals surface area contributed by atoms with E-state index in [-0.39, 0.29) is 0 Å². The van der Waals surface area contributed by atoms with E-state index < -0.39 is 0 Å². The zero-order valence-corrected chi connectivity index (χ0v) is 11.0. The Balaban J connectivity index is 1.95. The van der Waals surface area contributed by atoms with Crippen molar-refractivity contribution in [1.82, 2.24) is 9.66 Å². The number of rotatable bonds is 3. The van der Waals surface area contributed by atoms with Gasteiger partial charge in [0, 0.05) is 0 Å². The molecule has 0 aliphatic carbocycles. The van der Waals surface area contributed by atoms with Gasteiger partial charge in [-0.3, -0.25) is 0 Å². The van der Waals surface area contributed by atoms with Crippen LogP contribution < -0.4 is 10.5 Å². The van der Waals surface area contributed by atoms with Crippen molar-refractivity contribution < 1.29 is 4.74 Å². The highest BCUT2D eigenvalue weighted by molar-refractivity contribution is 5.82. The summed E-state index contributed by atoms with van der Waals surface area (Å²) in [5.74, 6) is 1.19. The number of methoxy groups -OCH3 is 1. The highest BCUT2D eigenvalue weighted by Gasteiger charge is 2.05. The van der Waals surface area contributed by atoms with Gasteiger partial charge < -0.3 is 10.5 Å². The third-order valence-corrected chi connectivity index (χ3v) is 3.00. The predicted octanol–water partition coefficient (Wildman–Crippen LogP) is 2.51. The first-order valence-corrected chi connectivity index (χ1v) is 6.19. The minimum absolute atomic E-state index is 0.371. The first-order chi connectivity index (χ1) is 9.78. The van der Waals surface area contributed by atoms with Crippen LogP contribution in [0.2, 0.25) is 0 Å². The summed E-state index contributed by atoms with van der Waals surface area (Å²) in [7, 11) is 1.64. The lowest BCUT2D eigenvalue weighted by atomic mass is 10.2. The van der Waals surface area contributed by atoms with Crippen LogP contribution in [0.3, 0.4) is 0 Å². The zero-order valence-electron chi connectivity index (χ0n) is 11.0. The molecule has 3 rings (SSSR count). The van der Waals surface area contributed by atoms with Gasteiger partial charge in [-0.15, -0.1) is 0 Å². The third kappa shape index (κ3) is 2.21. The van der Waals surface area contributed by atoms with Gasteiger partial charge in [0.05, 0.1) is 24.4 Å². The lowest BCUT2D eigenvalue weighted by molar-refractivity contribution is 0.415. The van der Waals surface area contributed by atoms with Crippen molar-refractivity contribution in [2.45, 2.75) is 0 Å². The molecule has 5 nitrogen and oxygen atoms in total. The van der Waals surface area contributed by atoms with Gasteiger partial charge in [-0.1, -0.05) is 12.1 Å². The Morgan fingerprint density at radius 1 is 1.15 bits per heavy atom. The molecule has 0 spiro atoms. The Hall–Kier alpha value is -2.82. The molecular formula is C15H14N4O. The standard InChI is InChI=1S/C15H14N4O/c1-20-12-8-6-11(7-9-12)10-17-19-14-5-3-2-4-13(14)18-15(19)16/h2-10H,1H3,(H2,16,18)/b17-10-. The average Bonchev–Trinajstić information content (AvgIpc) is 2.81. The Morgan fingerprint density at radius 3 is 2.65 bits per heavy atom. The molecule has 2 N–H and O–H groups in total. The predicted molar refractivity (Wildman–Crippen MR) is 80.1 cm³/mol. The SMILES string of the molecule is COc1ccc(/C=N\n2c(N)nc3ccccc32)cc1. The molecule has 5 heteroatoms. The minimum atomic E-state index is 0.371. The highest BCUT2D eigenvalue weighted by Crippen LogP contribution is 2.17. The number of fused-ring (bicyclic) bond motifs is 1. The molecule has 0 amide bonds. The average molecular weight is 266 g/mol. The number of nitrogens with zero attached hydrogens (tertiary/aromatic N) is 3. The molecule has 0 saturated carbocycles. The second-order valence-electron chi connectivity index (χ2n) is 4.29. The maximum Gasteiger partial charge on any atom is 0.222 e. The summed E-state index contributed by atoms with van der Waals surface area (Å²) in [6.07, 6.45) is 1.74. The Bertz CT molecular complexity index is 759. The molecule has 0 atom stereocenters. The van der Waals surface area contributed by atoms with E-state index in [1.165, 1.54) is 0 Å². The van der Waals surface area contributed by atoms with Crippen LogP contribution in [0.15, 0.2) is 53.6 Å². The van der Waals surface area contributed by atoms with Crippen LogP contribution in [0.4, 0.5) is 5.95 Å². The molecule has 3 aromatic rings. The molecule has 0 aliphatic rings. The number of hydrogen-bond donors (Lipinski definition) is 1. The van der Waals surface area contributed by atoms with E-state index in [9.17, 15) is 0 Å². The smallest absolute Gasteiger partial charge is 0.222 e. The summed E-state index contributed by atoms with van der Waals surface area (Å²) < 4.78 is 6.74. The number of imidazole rings is 1. The van der Waals surface area contributed by atoms with Gasteiger partial charge in [-0.2, -0.15) is 9.78 Å². The van der Waals surface area contributed by atoms with E-state index in [1.54, 1.807) is 18.0 Å². The van der Waals surface area contributed by atoms with E-state index in [0.29, 0.717) is 5.95 Å². The summed E-state index contributed by atoms with van der Waals surface area (Å²) in [5.41, 5.74) is 8.56. The number of nitrogens with two attached hydrogens (primary N) is 1. The second kappa shape index (κ2) is 5.05. The van der Waals surface area contributed by atoms with Crippen LogP contribution in [-0.2, 0) is 0 Å². The van der Waals surface area contributed by atoms with E-state index >= 15 is 0 Å². The third-order valence-electron chi connectivity index (χ3n) is 3.00. The number of aromatic nitrogens is 2. The topological polar surface area (TPSA) is 65.4 Å². The van der Waals surface area contributed by atoms with Crippen LogP contribution in [-0.4, -0.2) is 23.0 Å². The fourth-order valence-corrected chi connectivity index (χ4v) is 1.97. The molecule has 2 aromatic carbocycles. The maximum atomic E-state index is 5.88. The van der Waals surface area contributed by atoms with Crippen molar-refractivity contribution in [3.63, 3.8) is 0 Å². The van der Waals surface area contributed by atoms with E-state index in [4.69, 9.17) is 10.5 Å². The molecule has 0 fully saturated rings. The van der Waals surface area contributed by atoms with Crippen molar-refractivity contribution in [2.24, 2.45) is 5.10 Å². The maximum absolute atomic E-state index is 5.88. The van der Waals surface area contributed by atoms with Crippen molar-refractivity contribution in [3.05, 3.63) is 54.1 Å². The van der Waals surface area contributed by atoms with Crippen LogP contribution >= 0.6 is 0 Å². The molecule has 0 radical (unpaired) electrons. The van der Waals surface area contributed by atoms with Crippen LogP contribution in [0.25, 0.3) is 11.0 Å². The second-order valence-corrected chi connectivity index (χ2v) is 4.29. The Kier molecular flexibility index (Phi) is 3.09. The molecule has 1 aromatic heterocycles. The zero-order chi connectivity index (χ0) is 13.9. The number of benzene rings is 2. The number of nitrogen functional groups attached to an aromatic ring is 1. The Labute approximate surface area is 116 Å². The number of ether oxygens (including phenoxy) is 1. The number of anilines is 1. The molecule has 100 valence electrons. The number of hydrogen-bond acceptors (Lipinski definition) is 4. The normalized spacial score (nSPS) is 11.2. The molecule has 0 aliphatic heterocycles. The Morgan fingerprint density at radius 2 is 1.90 bits per heavy atom. The monoisotopic (exact) mass is 266 g/mol. The van der Waals surface area contributed by atoms with Gasteiger partial charge in [0.25, 0.3) is 0 Å². The molecule has 0 unspecified atom stereocenters. The molecule has 1 heterocycles. The van der Waals surface area contributed by atoms with E-state index in [0.717, 1.165) is 22.3 Å². The van der Waals surface area contributed by atoms with Gasteiger partial charge in [-0.05, 0) is 42.0 Å². The fraction of sp³-hybridized carbons (Fsp3) is 0.0667. The molecule has 20 heavy (non-hydrogen) atoms. The first-order valence-electron chi connectivity index (χ1n) is 6.19. The summed E-state index contributed by atoms with van der Waals surface area (Å²) in [5, 5.41) is 4.38. The van der Waals surface area contributed by atoms with Gasteiger partial charge in [0.2, 0.25) is 5.95 Å². The molecule has 0 bridgehead atoms. The van der Waals surface area contributed by atoms with E-state index in [1.807, 2.05) is 48.5 Å². The lowest BCUT2D eigenvalue weighted by Crippen LogP contribution is -1.97. The summed E-state index contributed by atoms with van der Waals surface area (Å²) in [4.78, 5) is 4.26. The van der Waals surface area contributed by atoms with Crippen molar-refractivity contribution in [2.75, 3.05) is 12.8 Å². The highest BCUT2D eigenvalue weighted by atomic mass is 16.5. The van der Waals surface area contributed by atoms with Crippen molar-refractivity contribution >= 4 is 23.2 Å². The molecular weight excluding hydrogens is 252 g/mol. The summed E-state index contributed by atoms with van der Waals surface area (Å²) in [6, 6.07) is 15.3. The summed E-state index contributed by atoms with van der Waals surface area (Å²) in [6.45, 7) is 0. The number of para-hydroxylation sites is 2. The molecule has 0 saturated heterocycles. The summed E-state index contributed by atoms with van der Waals surface area (Å²) >= 11 is 0. The van der Waals surface area contributed by atoms with Gasteiger partial charge in [0.1, 0.15) is 5.75 Å². The van der Waals surface area contributed by atoms with Gasteiger partial charge in [-0.25, -0.2) is 4.98 Å². The van der Waals surface area contributed by atoms with Crippen molar-refractivity contribution in [3.8, 4) is 5.75 Å². The van der Waals surface area contributed by atoms with E-state index in [2.05, 4.69) is 10.1 Å². The quantitative estimate of drug-likeness (QED) is 0.741. The van der Waals surface area contributed by atoms with Crippen molar-refractivity contribution in [1.29, 1.82) is 0 Å². The van der Waals surface area contributed by atoms with Crippen LogP contribution in [0.5, 0.6) is 5.75 Å². The first kappa shape index (κ1) is 12.2. The van der Waals surface area contributed by atoms with Gasteiger partial charge >= 0.3 is 0 Å². The lowest BCUT2D eigenvalue weighted by Gasteiger charge is -2.00. The largest absolute Gasteiger partial charge is 0.497 e. The fourth-order valence-electron chi connectivity index (χ4n) is 1.97.